The quantitative estimate of drug-likeness (QED) is 0.588. The van der Waals surface area contributed by atoms with Gasteiger partial charge in [0.15, 0.2) is 5.60 Å². The van der Waals surface area contributed by atoms with Crippen LogP contribution >= 0.6 is 0 Å². The largest absolute Gasteiger partial charge is 0.421 e. The lowest BCUT2D eigenvalue weighted by molar-refractivity contribution is -0.305. The Kier molecular flexibility index (Phi) is 6.55. The van der Waals surface area contributed by atoms with Crippen LogP contribution in [0.1, 0.15) is 52.5 Å². The number of rotatable bonds is 6. The lowest BCUT2D eigenvalue weighted by Gasteiger charge is -2.38. The van der Waals surface area contributed by atoms with Gasteiger partial charge in [0.05, 0.1) is 6.10 Å². The Labute approximate surface area is 148 Å². The smallest absolute Gasteiger partial charge is 0.352 e. The molecule has 1 aliphatic carbocycles. The highest BCUT2D eigenvalue weighted by Crippen LogP contribution is 2.42. The molecule has 0 bridgehead atoms. The second-order valence-corrected chi connectivity index (χ2v) is 7.69. The molecule has 2 nitrogen and oxygen atoms in total. The molecule has 0 amide bonds. The minimum atomic E-state index is -4.52. The summed E-state index contributed by atoms with van der Waals surface area (Å²) in [6.45, 7) is 7.15. The monoisotopic (exact) mass is 358 g/mol. The maximum atomic E-state index is 13.6. The summed E-state index contributed by atoms with van der Waals surface area (Å²) in [5, 5.41) is 0. The van der Waals surface area contributed by atoms with Crippen molar-refractivity contribution in [3.8, 4) is 0 Å². The van der Waals surface area contributed by atoms with E-state index in [9.17, 15) is 13.2 Å². The molecule has 0 heterocycles. The summed E-state index contributed by atoms with van der Waals surface area (Å²) in [5.74, 6) is 1.34. The summed E-state index contributed by atoms with van der Waals surface area (Å²) in [6, 6.07) is 7.73. The summed E-state index contributed by atoms with van der Waals surface area (Å²) in [4.78, 5) is 0. The molecule has 2 rings (SSSR count). The summed E-state index contributed by atoms with van der Waals surface area (Å²) in [7, 11) is 0. The Bertz CT molecular complexity index is 529. The number of hydrogen-bond donors (Lipinski definition) is 0. The van der Waals surface area contributed by atoms with E-state index in [1.54, 1.807) is 18.2 Å². The first-order valence-corrected chi connectivity index (χ1v) is 9.03. The molecule has 1 aromatic rings. The number of ether oxygens (including phenoxy) is 2. The molecule has 0 radical (unpaired) electrons. The van der Waals surface area contributed by atoms with Crippen molar-refractivity contribution in [2.24, 2.45) is 17.8 Å². The Morgan fingerprint density at radius 2 is 1.76 bits per heavy atom. The molecular weight excluding hydrogens is 329 g/mol. The van der Waals surface area contributed by atoms with Gasteiger partial charge in [-0.05, 0) is 43.1 Å². The lowest BCUT2D eigenvalue weighted by atomic mass is 9.75. The SMILES string of the molecule is CC1CCC(C(C)C)C(OCOC(C)(c2ccccc2)C(F)(F)F)C1. The van der Waals surface area contributed by atoms with Crippen LogP contribution in [0, 0.1) is 17.8 Å². The fourth-order valence-electron chi connectivity index (χ4n) is 3.63. The van der Waals surface area contributed by atoms with Gasteiger partial charge in [0, 0.05) is 0 Å². The number of halogens is 3. The van der Waals surface area contributed by atoms with Crippen molar-refractivity contribution in [3.63, 3.8) is 0 Å². The first-order valence-electron chi connectivity index (χ1n) is 9.03. The lowest BCUT2D eigenvalue weighted by Crippen LogP contribution is -2.43. The number of alkyl halides is 3. The number of hydrogen-bond acceptors (Lipinski definition) is 2. The average molecular weight is 358 g/mol. The predicted molar refractivity (Wildman–Crippen MR) is 92.0 cm³/mol. The molecule has 25 heavy (non-hydrogen) atoms. The summed E-state index contributed by atoms with van der Waals surface area (Å²) < 4.78 is 52.0. The van der Waals surface area contributed by atoms with Crippen LogP contribution in [0.5, 0.6) is 0 Å². The van der Waals surface area contributed by atoms with Crippen LogP contribution in [0.15, 0.2) is 30.3 Å². The van der Waals surface area contributed by atoms with Gasteiger partial charge in [-0.3, -0.25) is 0 Å². The van der Waals surface area contributed by atoms with Crippen molar-refractivity contribution in [2.75, 3.05) is 6.79 Å². The van der Waals surface area contributed by atoms with Gasteiger partial charge >= 0.3 is 6.18 Å². The molecule has 1 fully saturated rings. The first-order chi connectivity index (χ1) is 11.6. The summed E-state index contributed by atoms with van der Waals surface area (Å²) in [5.41, 5.74) is -2.29. The van der Waals surface area contributed by atoms with E-state index in [0.717, 1.165) is 26.2 Å². The molecule has 1 aliphatic rings. The van der Waals surface area contributed by atoms with Crippen molar-refractivity contribution in [3.05, 3.63) is 35.9 Å². The van der Waals surface area contributed by atoms with Gasteiger partial charge < -0.3 is 9.47 Å². The molecule has 1 aromatic carbocycles. The summed E-state index contributed by atoms with van der Waals surface area (Å²) >= 11 is 0. The zero-order chi connectivity index (χ0) is 18.7. The van der Waals surface area contributed by atoms with Gasteiger partial charge in [0.1, 0.15) is 6.79 Å². The molecule has 5 heteroatoms. The molecular formula is C20H29F3O2. The Hall–Kier alpha value is -1.07. The van der Waals surface area contributed by atoms with Crippen LogP contribution in [0.25, 0.3) is 0 Å². The maximum Gasteiger partial charge on any atom is 0.421 e. The highest BCUT2D eigenvalue weighted by atomic mass is 19.4. The van der Waals surface area contributed by atoms with E-state index in [2.05, 4.69) is 20.8 Å². The summed E-state index contributed by atoms with van der Waals surface area (Å²) in [6.07, 6.45) is -1.49. The third-order valence-corrected chi connectivity index (χ3v) is 5.46. The van der Waals surface area contributed by atoms with Gasteiger partial charge in [-0.15, -0.1) is 0 Å². The fraction of sp³-hybridized carbons (Fsp3) is 0.700. The Balaban J connectivity index is 2.06. The van der Waals surface area contributed by atoms with E-state index < -0.39 is 11.8 Å². The molecule has 1 saturated carbocycles. The second kappa shape index (κ2) is 8.09. The molecule has 0 N–H and O–H groups in total. The Morgan fingerprint density at radius 1 is 1.12 bits per heavy atom. The molecule has 0 saturated heterocycles. The molecule has 142 valence electrons. The number of benzene rings is 1. The van der Waals surface area contributed by atoms with Crippen LogP contribution in [0.3, 0.4) is 0 Å². The van der Waals surface area contributed by atoms with Crippen molar-refractivity contribution in [1.29, 1.82) is 0 Å². The average Bonchev–Trinajstić information content (AvgIpc) is 2.54. The molecule has 4 atom stereocenters. The van der Waals surface area contributed by atoms with Crippen molar-refractivity contribution in [1.82, 2.24) is 0 Å². The second-order valence-electron chi connectivity index (χ2n) is 7.69. The van der Waals surface area contributed by atoms with Crippen molar-refractivity contribution < 1.29 is 22.6 Å². The highest BCUT2D eigenvalue weighted by Gasteiger charge is 2.54. The van der Waals surface area contributed by atoms with E-state index in [0.29, 0.717) is 17.8 Å². The van der Waals surface area contributed by atoms with Gasteiger partial charge in [0.2, 0.25) is 0 Å². The highest BCUT2D eigenvalue weighted by molar-refractivity contribution is 5.23. The molecule has 0 spiro atoms. The van der Waals surface area contributed by atoms with Crippen LogP contribution < -0.4 is 0 Å². The minimum absolute atomic E-state index is 0.0444. The van der Waals surface area contributed by atoms with Gasteiger partial charge in [-0.2, -0.15) is 13.2 Å². The zero-order valence-corrected chi connectivity index (χ0v) is 15.5. The van der Waals surface area contributed by atoms with E-state index in [1.165, 1.54) is 12.1 Å². The van der Waals surface area contributed by atoms with Crippen molar-refractivity contribution >= 4 is 0 Å². The van der Waals surface area contributed by atoms with E-state index in [4.69, 9.17) is 9.47 Å². The van der Waals surface area contributed by atoms with Crippen LogP contribution in [0.4, 0.5) is 13.2 Å². The predicted octanol–water partition coefficient (Wildman–Crippen LogP) is 5.92. The van der Waals surface area contributed by atoms with Crippen molar-refractivity contribution in [2.45, 2.75) is 64.8 Å². The third kappa shape index (κ3) is 4.76. The first kappa shape index (κ1) is 20.2. The van der Waals surface area contributed by atoms with Crippen LogP contribution in [-0.2, 0) is 15.1 Å². The van der Waals surface area contributed by atoms with E-state index >= 15 is 0 Å². The third-order valence-electron chi connectivity index (χ3n) is 5.46. The zero-order valence-electron chi connectivity index (χ0n) is 15.5. The van der Waals surface area contributed by atoms with Gasteiger partial charge in [-0.25, -0.2) is 0 Å². The fourth-order valence-corrected chi connectivity index (χ4v) is 3.63. The maximum absolute atomic E-state index is 13.6. The van der Waals surface area contributed by atoms with E-state index in [-0.39, 0.29) is 18.5 Å². The standard InChI is InChI=1S/C20H29F3O2/c1-14(2)17-11-10-15(3)12-18(17)24-13-25-19(4,20(21,22)23)16-8-6-5-7-9-16/h5-9,14-15,17-18H,10-13H2,1-4H3. The molecule has 0 aromatic heterocycles. The van der Waals surface area contributed by atoms with Gasteiger partial charge in [0.25, 0.3) is 0 Å². The normalized spacial score (nSPS) is 27.3. The Morgan fingerprint density at radius 3 is 2.32 bits per heavy atom. The van der Waals surface area contributed by atoms with Crippen LogP contribution in [0.2, 0.25) is 0 Å². The topological polar surface area (TPSA) is 18.5 Å². The molecule has 0 aliphatic heterocycles. The van der Waals surface area contributed by atoms with Gasteiger partial charge in [-0.1, -0.05) is 57.5 Å². The van der Waals surface area contributed by atoms with Crippen LogP contribution in [-0.4, -0.2) is 19.1 Å². The van der Waals surface area contributed by atoms with E-state index in [1.807, 2.05) is 0 Å². The molecule has 4 unspecified atom stereocenters. The minimum Gasteiger partial charge on any atom is -0.352 e.